The fourth-order valence-electron chi connectivity index (χ4n) is 2.43. The summed E-state index contributed by atoms with van der Waals surface area (Å²) in [5, 5.41) is 2.27. The van der Waals surface area contributed by atoms with Crippen LogP contribution in [-0.4, -0.2) is 9.97 Å². The zero-order valence-corrected chi connectivity index (χ0v) is 10.5. The summed E-state index contributed by atoms with van der Waals surface area (Å²) in [4.78, 5) is 7.63. The van der Waals surface area contributed by atoms with Crippen LogP contribution in [0.2, 0.25) is 0 Å². The van der Waals surface area contributed by atoms with E-state index in [0.29, 0.717) is 0 Å². The maximum Gasteiger partial charge on any atom is 0.137 e. The highest BCUT2D eigenvalue weighted by Crippen LogP contribution is 2.31. The third kappa shape index (κ3) is 1.55. The highest BCUT2D eigenvalue weighted by Gasteiger charge is 2.08. The molecular formula is C16H12N2O. The monoisotopic (exact) mass is 248 g/mol. The number of hydrogen-bond acceptors (Lipinski definition) is 2. The Morgan fingerprint density at radius 3 is 2.68 bits per heavy atom. The Morgan fingerprint density at radius 1 is 1.00 bits per heavy atom. The van der Waals surface area contributed by atoms with Gasteiger partial charge in [-0.15, -0.1) is 0 Å². The Balaban J connectivity index is 2.02. The van der Waals surface area contributed by atoms with Crippen molar-refractivity contribution < 1.29 is 4.42 Å². The lowest BCUT2D eigenvalue weighted by Gasteiger charge is -1.97. The van der Waals surface area contributed by atoms with Crippen molar-refractivity contribution in [2.24, 2.45) is 0 Å². The third-order valence-corrected chi connectivity index (χ3v) is 3.35. The lowest BCUT2D eigenvalue weighted by molar-refractivity contribution is 0.669. The van der Waals surface area contributed by atoms with Gasteiger partial charge >= 0.3 is 0 Å². The van der Waals surface area contributed by atoms with E-state index in [9.17, 15) is 0 Å². The third-order valence-electron chi connectivity index (χ3n) is 3.35. The van der Waals surface area contributed by atoms with Crippen LogP contribution in [0.3, 0.4) is 0 Å². The number of para-hydroxylation sites is 1. The fourth-order valence-corrected chi connectivity index (χ4v) is 2.43. The number of benzene rings is 2. The van der Waals surface area contributed by atoms with Gasteiger partial charge in [0, 0.05) is 28.2 Å². The van der Waals surface area contributed by atoms with Crippen molar-refractivity contribution >= 4 is 21.9 Å². The van der Waals surface area contributed by atoms with Crippen LogP contribution in [0.25, 0.3) is 33.3 Å². The standard InChI is InChI=1S/C16H12N2O/c1-10-9-17-16(18-10)11-6-7-15-13(8-11)12-4-2-3-5-14(12)19-15/h2-9H,1H3,(H,17,18). The van der Waals surface area contributed by atoms with Crippen LogP contribution < -0.4 is 0 Å². The molecule has 3 heteroatoms. The Labute approximate surface area is 109 Å². The van der Waals surface area contributed by atoms with Gasteiger partial charge in [-0.05, 0) is 31.2 Å². The van der Waals surface area contributed by atoms with E-state index in [1.807, 2.05) is 43.5 Å². The van der Waals surface area contributed by atoms with Crippen molar-refractivity contribution in [2.45, 2.75) is 6.92 Å². The summed E-state index contributed by atoms with van der Waals surface area (Å²) in [5.41, 5.74) is 3.97. The second-order valence-electron chi connectivity index (χ2n) is 4.72. The number of aromatic amines is 1. The summed E-state index contributed by atoms with van der Waals surface area (Å²) in [6.45, 7) is 2.00. The molecule has 0 fully saturated rings. The second kappa shape index (κ2) is 3.72. The number of nitrogens with zero attached hydrogens (tertiary/aromatic N) is 1. The topological polar surface area (TPSA) is 41.8 Å². The Kier molecular flexibility index (Phi) is 2.03. The minimum absolute atomic E-state index is 0.893. The van der Waals surface area contributed by atoms with E-state index in [4.69, 9.17) is 4.42 Å². The lowest BCUT2D eigenvalue weighted by atomic mass is 10.1. The molecule has 0 saturated carbocycles. The molecule has 0 aliphatic heterocycles. The molecule has 1 N–H and O–H groups in total. The van der Waals surface area contributed by atoms with Crippen LogP contribution in [0.15, 0.2) is 53.1 Å². The summed E-state index contributed by atoms with van der Waals surface area (Å²) < 4.78 is 5.82. The summed E-state index contributed by atoms with van der Waals surface area (Å²) in [6.07, 6.45) is 1.84. The van der Waals surface area contributed by atoms with Gasteiger partial charge in [0.25, 0.3) is 0 Å². The molecule has 92 valence electrons. The van der Waals surface area contributed by atoms with Gasteiger partial charge in [-0.25, -0.2) is 4.98 Å². The van der Waals surface area contributed by atoms with Crippen molar-refractivity contribution in [3.8, 4) is 11.4 Å². The number of fused-ring (bicyclic) bond motifs is 3. The van der Waals surface area contributed by atoms with Crippen molar-refractivity contribution in [3.63, 3.8) is 0 Å². The van der Waals surface area contributed by atoms with Crippen molar-refractivity contribution in [3.05, 3.63) is 54.4 Å². The number of H-pyrrole nitrogens is 1. The molecule has 0 aliphatic rings. The lowest BCUT2D eigenvalue weighted by Crippen LogP contribution is -1.80. The first kappa shape index (κ1) is 10.4. The highest BCUT2D eigenvalue weighted by molar-refractivity contribution is 6.06. The molecule has 4 rings (SSSR count). The molecule has 2 aromatic heterocycles. The van der Waals surface area contributed by atoms with Crippen molar-refractivity contribution in [2.75, 3.05) is 0 Å². The van der Waals surface area contributed by atoms with Gasteiger partial charge in [-0.3, -0.25) is 0 Å². The van der Waals surface area contributed by atoms with Gasteiger partial charge in [0.1, 0.15) is 17.0 Å². The van der Waals surface area contributed by atoms with Crippen molar-refractivity contribution in [1.29, 1.82) is 0 Å². The molecule has 0 aliphatic carbocycles. The van der Waals surface area contributed by atoms with Gasteiger partial charge < -0.3 is 9.40 Å². The summed E-state index contributed by atoms with van der Waals surface area (Å²) in [6, 6.07) is 14.2. The Morgan fingerprint density at radius 2 is 1.84 bits per heavy atom. The molecule has 4 aromatic rings. The molecule has 0 unspecified atom stereocenters. The first-order valence-corrected chi connectivity index (χ1v) is 6.24. The molecule has 0 spiro atoms. The predicted molar refractivity (Wildman–Crippen MR) is 76.0 cm³/mol. The molecule has 0 atom stereocenters. The first-order chi connectivity index (χ1) is 9.31. The zero-order valence-electron chi connectivity index (χ0n) is 10.5. The largest absolute Gasteiger partial charge is 0.456 e. The maximum absolute atomic E-state index is 5.82. The van der Waals surface area contributed by atoms with Gasteiger partial charge in [0.2, 0.25) is 0 Å². The van der Waals surface area contributed by atoms with Gasteiger partial charge in [-0.1, -0.05) is 18.2 Å². The van der Waals surface area contributed by atoms with E-state index in [1.54, 1.807) is 0 Å². The summed E-state index contributed by atoms with van der Waals surface area (Å²) in [5.74, 6) is 0.893. The first-order valence-electron chi connectivity index (χ1n) is 6.24. The SMILES string of the molecule is Cc1cnc(-c2ccc3oc4ccccc4c3c2)[nH]1. The van der Waals surface area contributed by atoms with Crippen LogP contribution in [-0.2, 0) is 0 Å². The molecule has 0 bridgehead atoms. The Hall–Kier alpha value is -2.55. The number of nitrogens with one attached hydrogen (secondary N) is 1. The molecule has 0 saturated heterocycles. The van der Waals surface area contributed by atoms with Crippen molar-refractivity contribution in [1.82, 2.24) is 9.97 Å². The molecule has 2 aromatic carbocycles. The second-order valence-corrected chi connectivity index (χ2v) is 4.72. The molecule has 19 heavy (non-hydrogen) atoms. The number of hydrogen-bond donors (Lipinski definition) is 1. The zero-order chi connectivity index (χ0) is 12.8. The normalized spacial score (nSPS) is 11.4. The van der Waals surface area contributed by atoms with E-state index in [2.05, 4.69) is 22.1 Å². The number of aryl methyl sites for hydroxylation is 1. The van der Waals surface area contributed by atoms with Gasteiger partial charge in [0.15, 0.2) is 0 Å². The van der Waals surface area contributed by atoms with Crippen LogP contribution in [0.4, 0.5) is 0 Å². The summed E-state index contributed by atoms with van der Waals surface area (Å²) >= 11 is 0. The number of rotatable bonds is 1. The average molecular weight is 248 g/mol. The van der Waals surface area contributed by atoms with Crippen LogP contribution in [0.1, 0.15) is 5.69 Å². The number of aromatic nitrogens is 2. The van der Waals surface area contributed by atoms with Gasteiger partial charge in [0.05, 0.1) is 0 Å². The van der Waals surface area contributed by atoms with Crippen LogP contribution >= 0.6 is 0 Å². The van der Waals surface area contributed by atoms with E-state index < -0.39 is 0 Å². The number of furan rings is 1. The van der Waals surface area contributed by atoms with E-state index >= 15 is 0 Å². The molecular weight excluding hydrogens is 236 g/mol. The predicted octanol–water partition coefficient (Wildman–Crippen LogP) is 4.28. The smallest absolute Gasteiger partial charge is 0.137 e. The number of imidazole rings is 1. The Bertz CT molecular complexity index is 886. The van der Waals surface area contributed by atoms with E-state index in [0.717, 1.165) is 39.0 Å². The van der Waals surface area contributed by atoms with Crippen LogP contribution in [0.5, 0.6) is 0 Å². The van der Waals surface area contributed by atoms with E-state index in [-0.39, 0.29) is 0 Å². The molecule has 2 heterocycles. The highest BCUT2D eigenvalue weighted by atomic mass is 16.3. The average Bonchev–Trinajstić information content (AvgIpc) is 3.01. The molecule has 0 radical (unpaired) electrons. The quantitative estimate of drug-likeness (QED) is 0.546. The summed E-state index contributed by atoms with van der Waals surface area (Å²) in [7, 11) is 0. The molecule has 3 nitrogen and oxygen atoms in total. The minimum Gasteiger partial charge on any atom is -0.456 e. The van der Waals surface area contributed by atoms with E-state index in [1.165, 1.54) is 0 Å². The fraction of sp³-hybridized carbons (Fsp3) is 0.0625. The minimum atomic E-state index is 0.893. The van der Waals surface area contributed by atoms with Crippen LogP contribution in [0, 0.1) is 6.92 Å². The van der Waals surface area contributed by atoms with Gasteiger partial charge in [-0.2, -0.15) is 0 Å². The molecule has 0 amide bonds. The maximum atomic E-state index is 5.82.